The fraction of sp³-hybridized carbons (Fsp3) is 0.148. The van der Waals surface area contributed by atoms with Crippen LogP contribution >= 0.6 is 0 Å². The zero-order chi connectivity index (χ0) is 21.8. The summed E-state index contributed by atoms with van der Waals surface area (Å²) in [5.41, 5.74) is 5.10. The highest BCUT2D eigenvalue weighted by Gasteiger charge is 2.11. The number of ketones is 1. The Balaban J connectivity index is 1.45. The second-order valence-electron chi connectivity index (χ2n) is 8.32. The molecule has 0 spiro atoms. The van der Waals surface area contributed by atoms with Crippen LogP contribution in [0.4, 0.5) is 0 Å². The quantitative estimate of drug-likeness (QED) is 0.284. The predicted octanol–water partition coefficient (Wildman–Crippen LogP) is 6.37. The van der Waals surface area contributed by atoms with Crippen LogP contribution in [0.15, 0.2) is 85.2 Å². The summed E-state index contributed by atoms with van der Waals surface area (Å²) in [6.45, 7) is 6.08. The Kier molecular flexibility index (Phi) is 5.63. The van der Waals surface area contributed by atoms with Crippen molar-refractivity contribution in [2.45, 2.75) is 26.4 Å². The molecule has 1 heterocycles. The molecule has 3 aromatic carbocycles. The molecule has 0 aliphatic rings. The van der Waals surface area contributed by atoms with Crippen LogP contribution in [-0.4, -0.2) is 21.4 Å². The number of ether oxygens (including phenoxy) is 1. The summed E-state index contributed by atoms with van der Waals surface area (Å²) in [5, 5.41) is 0. The van der Waals surface area contributed by atoms with E-state index in [4.69, 9.17) is 4.74 Å². The standard InChI is InChI=1S/C27H24N2O2/c1-27(2,3)31-23-12-10-21(11-13-23)20-6-8-22(9-7-20)26(30)15-5-19-4-14-24-25(18-19)29-17-16-28-24/h4-18H,1-3H3/b15-5+. The molecule has 0 unspecified atom stereocenters. The number of nitrogens with zero attached hydrogens (tertiary/aromatic N) is 2. The zero-order valence-corrected chi connectivity index (χ0v) is 17.9. The topological polar surface area (TPSA) is 52.1 Å². The molecule has 0 bridgehead atoms. The lowest BCUT2D eigenvalue weighted by Crippen LogP contribution is -2.22. The van der Waals surface area contributed by atoms with Gasteiger partial charge in [-0.2, -0.15) is 0 Å². The molecule has 154 valence electrons. The lowest BCUT2D eigenvalue weighted by molar-refractivity contribution is 0.104. The Bertz CT molecular complexity index is 1230. The maximum absolute atomic E-state index is 12.6. The summed E-state index contributed by atoms with van der Waals surface area (Å²) >= 11 is 0. The first-order chi connectivity index (χ1) is 14.9. The SMILES string of the molecule is CC(C)(C)Oc1ccc(-c2ccc(C(=O)/C=C/c3ccc4nccnc4c3)cc2)cc1. The van der Waals surface area contributed by atoms with Crippen LogP contribution in [0.5, 0.6) is 5.75 Å². The van der Waals surface area contributed by atoms with Gasteiger partial charge in [0.15, 0.2) is 5.78 Å². The van der Waals surface area contributed by atoms with Crippen molar-refractivity contribution < 1.29 is 9.53 Å². The molecule has 0 saturated heterocycles. The summed E-state index contributed by atoms with van der Waals surface area (Å²) in [4.78, 5) is 21.1. The van der Waals surface area contributed by atoms with Crippen LogP contribution in [0, 0.1) is 0 Å². The monoisotopic (exact) mass is 408 g/mol. The molecular formula is C27H24N2O2. The lowest BCUT2D eigenvalue weighted by atomic mass is 10.0. The van der Waals surface area contributed by atoms with Gasteiger partial charge in [-0.1, -0.05) is 48.5 Å². The van der Waals surface area contributed by atoms with Gasteiger partial charge in [-0.25, -0.2) is 0 Å². The molecule has 0 aliphatic heterocycles. The number of hydrogen-bond acceptors (Lipinski definition) is 4. The van der Waals surface area contributed by atoms with E-state index in [0.717, 1.165) is 33.5 Å². The van der Waals surface area contributed by atoms with Gasteiger partial charge in [0.2, 0.25) is 0 Å². The summed E-state index contributed by atoms with van der Waals surface area (Å²) in [7, 11) is 0. The van der Waals surface area contributed by atoms with E-state index in [1.165, 1.54) is 0 Å². The molecule has 4 aromatic rings. The van der Waals surface area contributed by atoms with Crippen molar-refractivity contribution in [1.29, 1.82) is 0 Å². The molecule has 0 amide bonds. The number of carbonyl (C=O) groups excluding carboxylic acids is 1. The third-order valence-corrected chi connectivity index (χ3v) is 4.70. The molecule has 1 aromatic heterocycles. The van der Waals surface area contributed by atoms with Gasteiger partial charge < -0.3 is 4.74 Å². The summed E-state index contributed by atoms with van der Waals surface area (Å²) < 4.78 is 5.87. The molecular weight excluding hydrogens is 384 g/mol. The van der Waals surface area contributed by atoms with Crippen LogP contribution in [0.25, 0.3) is 28.2 Å². The Morgan fingerprint density at radius 3 is 2.06 bits per heavy atom. The van der Waals surface area contributed by atoms with Gasteiger partial charge in [0, 0.05) is 18.0 Å². The van der Waals surface area contributed by atoms with Crippen molar-refractivity contribution in [3.63, 3.8) is 0 Å². The van der Waals surface area contributed by atoms with Gasteiger partial charge in [0.1, 0.15) is 11.4 Å². The van der Waals surface area contributed by atoms with E-state index in [1.54, 1.807) is 24.5 Å². The number of allylic oxidation sites excluding steroid dienone is 1. The zero-order valence-electron chi connectivity index (χ0n) is 17.9. The predicted molar refractivity (Wildman–Crippen MR) is 125 cm³/mol. The number of aromatic nitrogens is 2. The molecule has 0 N–H and O–H groups in total. The highest BCUT2D eigenvalue weighted by atomic mass is 16.5. The van der Waals surface area contributed by atoms with E-state index in [1.807, 2.05) is 87.5 Å². The molecule has 31 heavy (non-hydrogen) atoms. The van der Waals surface area contributed by atoms with Gasteiger partial charge >= 0.3 is 0 Å². The third-order valence-electron chi connectivity index (χ3n) is 4.70. The minimum Gasteiger partial charge on any atom is -0.488 e. The van der Waals surface area contributed by atoms with E-state index in [2.05, 4.69) is 9.97 Å². The van der Waals surface area contributed by atoms with Gasteiger partial charge in [-0.15, -0.1) is 0 Å². The molecule has 4 nitrogen and oxygen atoms in total. The molecule has 0 saturated carbocycles. The van der Waals surface area contributed by atoms with Gasteiger partial charge in [0.05, 0.1) is 11.0 Å². The largest absolute Gasteiger partial charge is 0.488 e. The molecule has 0 radical (unpaired) electrons. The van der Waals surface area contributed by atoms with Crippen molar-refractivity contribution in [1.82, 2.24) is 9.97 Å². The van der Waals surface area contributed by atoms with E-state index < -0.39 is 0 Å². The lowest BCUT2D eigenvalue weighted by Gasteiger charge is -2.21. The fourth-order valence-electron chi connectivity index (χ4n) is 3.25. The first-order valence-electron chi connectivity index (χ1n) is 10.2. The average molecular weight is 409 g/mol. The summed E-state index contributed by atoms with van der Waals surface area (Å²) in [6.07, 6.45) is 6.72. The van der Waals surface area contributed by atoms with Crippen molar-refractivity contribution in [2.75, 3.05) is 0 Å². The highest BCUT2D eigenvalue weighted by molar-refractivity contribution is 6.07. The van der Waals surface area contributed by atoms with Gasteiger partial charge in [0.25, 0.3) is 0 Å². The number of carbonyl (C=O) groups is 1. The van der Waals surface area contributed by atoms with Gasteiger partial charge in [-0.3, -0.25) is 14.8 Å². The van der Waals surface area contributed by atoms with Crippen LogP contribution in [0.2, 0.25) is 0 Å². The molecule has 0 aliphatic carbocycles. The van der Waals surface area contributed by atoms with Crippen LogP contribution in [0.3, 0.4) is 0 Å². The molecule has 4 heteroatoms. The normalized spacial score (nSPS) is 11.7. The van der Waals surface area contributed by atoms with Gasteiger partial charge in [-0.05, 0) is 67.8 Å². The van der Waals surface area contributed by atoms with Crippen LogP contribution in [0.1, 0.15) is 36.7 Å². The van der Waals surface area contributed by atoms with Crippen molar-refractivity contribution >= 4 is 22.9 Å². The maximum Gasteiger partial charge on any atom is 0.185 e. The smallest absolute Gasteiger partial charge is 0.185 e. The van der Waals surface area contributed by atoms with Crippen molar-refractivity contribution in [3.8, 4) is 16.9 Å². The Labute approximate surface area is 182 Å². The Morgan fingerprint density at radius 2 is 1.42 bits per heavy atom. The second-order valence-corrected chi connectivity index (χ2v) is 8.32. The van der Waals surface area contributed by atoms with E-state index in [0.29, 0.717) is 5.56 Å². The molecule has 0 atom stereocenters. The van der Waals surface area contributed by atoms with Crippen LogP contribution in [-0.2, 0) is 0 Å². The minimum absolute atomic E-state index is 0.0419. The Morgan fingerprint density at radius 1 is 0.806 bits per heavy atom. The first kappa shape index (κ1) is 20.5. The average Bonchev–Trinajstić information content (AvgIpc) is 2.77. The minimum atomic E-state index is -0.225. The van der Waals surface area contributed by atoms with Crippen LogP contribution < -0.4 is 4.74 Å². The molecule has 0 fully saturated rings. The van der Waals surface area contributed by atoms with Crippen molar-refractivity contribution in [2.24, 2.45) is 0 Å². The number of hydrogen-bond donors (Lipinski definition) is 0. The second kappa shape index (κ2) is 8.52. The number of fused-ring (bicyclic) bond motifs is 1. The number of rotatable bonds is 5. The fourth-order valence-corrected chi connectivity index (χ4v) is 3.25. The summed E-state index contributed by atoms with van der Waals surface area (Å²) in [5.74, 6) is 0.799. The number of benzene rings is 3. The summed E-state index contributed by atoms with van der Waals surface area (Å²) in [6, 6.07) is 21.4. The molecule has 4 rings (SSSR count). The van der Waals surface area contributed by atoms with E-state index in [9.17, 15) is 4.79 Å². The van der Waals surface area contributed by atoms with Crippen molar-refractivity contribution in [3.05, 3.63) is 96.3 Å². The van der Waals surface area contributed by atoms with E-state index in [-0.39, 0.29) is 11.4 Å². The first-order valence-corrected chi connectivity index (χ1v) is 10.2. The highest BCUT2D eigenvalue weighted by Crippen LogP contribution is 2.25. The third kappa shape index (κ3) is 5.23. The Hall–Kier alpha value is -3.79. The van der Waals surface area contributed by atoms with E-state index >= 15 is 0 Å². The maximum atomic E-state index is 12.6.